The molecule has 108 valence electrons. The van der Waals surface area contributed by atoms with Crippen molar-refractivity contribution in [1.82, 2.24) is 16.2 Å². The highest BCUT2D eigenvalue weighted by molar-refractivity contribution is 7.80. The van der Waals surface area contributed by atoms with Gasteiger partial charge in [-0.25, -0.2) is 10.2 Å². The van der Waals surface area contributed by atoms with E-state index in [4.69, 9.17) is 17.0 Å². The van der Waals surface area contributed by atoms with Crippen LogP contribution >= 0.6 is 12.2 Å². The molecule has 1 rings (SSSR count). The van der Waals surface area contributed by atoms with Gasteiger partial charge in [-0.15, -0.1) is 0 Å². The zero-order valence-corrected chi connectivity index (χ0v) is 11.9. The van der Waals surface area contributed by atoms with Crippen molar-refractivity contribution in [3.05, 3.63) is 29.8 Å². The molecule has 0 spiro atoms. The number of hydrogen-bond acceptors (Lipinski definition) is 5. The van der Waals surface area contributed by atoms with Gasteiger partial charge in [-0.1, -0.05) is 12.1 Å². The summed E-state index contributed by atoms with van der Waals surface area (Å²) >= 11 is 4.85. The lowest BCUT2D eigenvalue weighted by atomic mass is 10.2. The predicted octanol–water partition coefficient (Wildman–Crippen LogP) is 0.961. The number of hydrogen-bond donors (Lipinski definition) is 3. The number of nitrogens with one attached hydrogen (secondary N) is 3. The molecule has 7 nitrogen and oxygen atoms in total. The van der Waals surface area contributed by atoms with Gasteiger partial charge in [0, 0.05) is 0 Å². The van der Waals surface area contributed by atoms with Crippen LogP contribution in [0.5, 0.6) is 5.75 Å². The Morgan fingerprint density at radius 2 is 1.95 bits per heavy atom. The molecule has 0 unspecified atom stereocenters. The van der Waals surface area contributed by atoms with E-state index in [2.05, 4.69) is 20.9 Å². The summed E-state index contributed by atoms with van der Waals surface area (Å²) in [4.78, 5) is 22.8. The van der Waals surface area contributed by atoms with Gasteiger partial charge >= 0.3 is 6.09 Å². The van der Waals surface area contributed by atoms with Gasteiger partial charge in [0.05, 0.1) is 19.3 Å². The summed E-state index contributed by atoms with van der Waals surface area (Å²) in [5, 5.41) is 2.34. The molecule has 0 atom stereocenters. The van der Waals surface area contributed by atoms with E-state index in [1.165, 1.54) is 7.11 Å². The molecule has 0 aliphatic rings. The molecule has 3 N–H and O–H groups in total. The highest BCUT2D eigenvalue weighted by atomic mass is 32.1. The maximum absolute atomic E-state index is 12.0. The van der Waals surface area contributed by atoms with Gasteiger partial charge < -0.3 is 9.47 Å². The first-order valence-electron chi connectivity index (χ1n) is 5.75. The maximum Gasteiger partial charge on any atom is 0.425 e. The van der Waals surface area contributed by atoms with Crippen LogP contribution in [0.4, 0.5) is 4.79 Å². The number of rotatable bonds is 3. The minimum Gasteiger partial charge on any atom is -0.493 e. The number of thiocarbonyl (C=S) groups is 1. The molecule has 0 aliphatic heterocycles. The molecule has 0 heterocycles. The highest BCUT2D eigenvalue weighted by Gasteiger charge is 2.13. The van der Waals surface area contributed by atoms with Crippen molar-refractivity contribution in [3.8, 4) is 5.75 Å². The van der Waals surface area contributed by atoms with Gasteiger partial charge in [0.25, 0.3) is 5.91 Å². The fraction of sp³-hybridized carbons (Fsp3) is 0.250. The fourth-order valence-electron chi connectivity index (χ4n) is 1.30. The molecule has 8 heteroatoms. The summed E-state index contributed by atoms with van der Waals surface area (Å²) < 4.78 is 9.68. The molecule has 0 fully saturated rings. The lowest BCUT2D eigenvalue weighted by Gasteiger charge is -2.12. The molecule has 0 aliphatic carbocycles. The van der Waals surface area contributed by atoms with E-state index >= 15 is 0 Å². The monoisotopic (exact) mass is 297 g/mol. The molecule has 0 aromatic heterocycles. The first-order chi connectivity index (χ1) is 9.58. The summed E-state index contributed by atoms with van der Waals surface area (Å²) in [6.07, 6.45) is -0.726. The molecule has 20 heavy (non-hydrogen) atoms. The summed E-state index contributed by atoms with van der Waals surface area (Å²) in [6.45, 7) is 2.26. The Bertz CT molecular complexity index is 507. The topological polar surface area (TPSA) is 88.7 Å². The zero-order valence-electron chi connectivity index (χ0n) is 11.1. The second-order valence-electron chi connectivity index (χ2n) is 3.45. The molecule has 1 aromatic rings. The smallest absolute Gasteiger partial charge is 0.425 e. The average molecular weight is 297 g/mol. The molecule has 2 amide bonds. The molecule has 0 radical (unpaired) electrons. The Morgan fingerprint density at radius 1 is 1.25 bits per heavy atom. The highest BCUT2D eigenvalue weighted by Crippen LogP contribution is 2.17. The molecular weight excluding hydrogens is 282 g/mol. The number of methoxy groups -OCH3 is 1. The van der Waals surface area contributed by atoms with E-state index in [0.717, 1.165) is 0 Å². The van der Waals surface area contributed by atoms with Crippen LogP contribution in [-0.4, -0.2) is 30.8 Å². The van der Waals surface area contributed by atoms with Gasteiger partial charge in [-0.05, 0) is 31.3 Å². The normalized spacial score (nSPS) is 9.30. The molecule has 0 bridgehead atoms. The first-order valence-corrected chi connectivity index (χ1v) is 6.16. The third-order valence-corrected chi connectivity index (χ3v) is 2.33. The van der Waals surface area contributed by atoms with Crippen LogP contribution in [0.25, 0.3) is 0 Å². The number of para-hydroxylation sites is 1. The molecular formula is C12H15N3O4S. The van der Waals surface area contributed by atoms with Crippen LogP contribution in [0.2, 0.25) is 0 Å². The number of amides is 2. The lowest BCUT2D eigenvalue weighted by molar-refractivity contribution is 0.0972. The van der Waals surface area contributed by atoms with Crippen molar-refractivity contribution < 1.29 is 19.1 Å². The number of hydrazine groups is 1. The number of benzene rings is 1. The van der Waals surface area contributed by atoms with E-state index in [1.807, 2.05) is 6.92 Å². The van der Waals surface area contributed by atoms with E-state index in [1.54, 1.807) is 24.3 Å². The lowest BCUT2D eigenvalue weighted by Crippen LogP contribution is -2.48. The van der Waals surface area contributed by atoms with Gasteiger partial charge in [-0.3, -0.25) is 15.5 Å². The summed E-state index contributed by atoms with van der Waals surface area (Å²) in [6, 6.07) is 6.76. The molecule has 0 saturated heterocycles. The third-order valence-electron chi connectivity index (χ3n) is 2.12. The summed E-state index contributed by atoms with van der Waals surface area (Å²) in [7, 11) is 1.21. The maximum atomic E-state index is 12.0. The van der Waals surface area contributed by atoms with Crippen molar-refractivity contribution in [3.63, 3.8) is 0 Å². The van der Waals surface area contributed by atoms with Crippen molar-refractivity contribution in [1.29, 1.82) is 0 Å². The van der Waals surface area contributed by atoms with Crippen LogP contribution in [0.15, 0.2) is 24.3 Å². The van der Waals surface area contributed by atoms with E-state index in [9.17, 15) is 9.59 Å². The van der Waals surface area contributed by atoms with Crippen LogP contribution in [0, 0.1) is 0 Å². The van der Waals surface area contributed by atoms with Crippen LogP contribution < -0.4 is 20.9 Å². The second-order valence-corrected chi connectivity index (χ2v) is 3.86. The SMILES string of the molecule is CCOc1ccccc1C(=O)NC(=S)NNC(=O)OC. The number of carbonyl (C=O) groups is 2. The third kappa shape index (κ3) is 4.73. The minimum atomic E-state index is -0.726. The second kappa shape index (κ2) is 7.95. The molecule has 1 aromatic carbocycles. The largest absolute Gasteiger partial charge is 0.493 e. The Balaban J connectivity index is 2.62. The average Bonchev–Trinajstić information content (AvgIpc) is 2.45. The van der Waals surface area contributed by atoms with E-state index in [-0.39, 0.29) is 5.11 Å². The Kier molecular flexibility index (Phi) is 6.24. The minimum absolute atomic E-state index is 0.0632. The Hall–Kier alpha value is -2.35. The van der Waals surface area contributed by atoms with Crippen molar-refractivity contribution >= 4 is 29.3 Å². The zero-order chi connectivity index (χ0) is 15.0. The van der Waals surface area contributed by atoms with Gasteiger partial charge in [-0.2, -0.15) is 0 Å². The Labute approximate surface area is 121 Å². The molecule has 0 saturated carbocycles. The number of ether oxygens (including phenoxy) is 2. The predicted molar refractivity (Wildman–Crippen MR) is 76.4 cm³/mol. The van der Waals surface area contributed by atoms with Gasteiger partial charge in [0.2, 0.25) is 0 Å². The Morgan fingerprint density at radius 3 is 2.60 bits per heavy atom. The van der Waals surface area contributed by atoms with Crippen molar-refractivity contribution in [2.75, 3.05) is 13.7 Å². The van der Waals surface area contributed by atoms with Crippen LogP contribution in [0.3, 0.4) is 0 Å². The van der Waals surface area contributed by atoms with Crippen LogP contribution in [-0.2, 0) is 4.74 Å². The fourth-order valence-corrected chi connectivity index (χ4v) is 1.44. The number of carbonyl (C=O) groups excluding carboxylic acids is 2. The van der Waals surface area contributed by atoms with Gasteiger partial charge in [0.15, 0.2) is 5.11 Å². The quantitative estimate of drug-likeness (QED) is 0.569. The standard InChI is InChI=1S/C12H15N3O4S/c1-3-19-9-7-5-4-6-8(9)10(16)13-11(20)14-15-12(17)18-2/h4-7H,3H2,1-2H3,(H,15,17)(H2,13,14,16,20). The van der Waals surface area contributed by atoms with E-state index in [0.29, 0.717) is 17.9 Å². The van der Waals surface area contributed by atoms with Crippen LogP contribution in [0.1, 0.15) is 17.3 Å². The van der Waals surface area contributed by atoms with E-state index < -0.39 is 12.0 Å². The van der Waals surface area contributed by atoms with Gasteiger partial charge in [0.1, 0.15) is 5.75 Å². The summed E-state index contributed by atoms with van der Waals surface area (Å²) in [5.41, 5.74) is 4.79. The summed E-state index contributed by atoms with van der Waals surface area (Å²) in [5.74, 6) is 0.00874. The van der Waals surface area contributed by atoms with Crippen molar-refractivity contribution in [2.24, 2.45) is 0 Å². The first kappa shape index (κ1) is 15.7. The van der Waals surface area contributed by atoms with Crippen molar-refractivity contribution in [2.45, 2.75) is 6.92 Å².